The van der Waals surface area contributed by atoms with Gasteiger partial charge in [0.25, 0.3) is 5.91 Å². The van der Waals surface area contributed by atoms with E-state index in [0.29, 0.717) is 20.6 Å². The third-order valence-corrected chi connectivity index (χ3v) is 6.76. The lowest BCUT2D eigenvalue weighted by atomic mass is 10.2. The van der Waals surface area contributed by atoms with Crippen LogP contribution in [0.2, 0.25) is 10.0 Å². The normalized spacial score (nSPS) is 11.1. The number of nitrogens with one attached hydrogen (secondary N) is 2. The molecule has 2 N–H and O–H groups in total. The zero-order chi connectivity index (χ0) is 19.7. The predicted octanol–water partition coefficient (Wildman–Crippen LogP) is 6.18. The minimum absolute atomic E-state index is 0.236. The van der Waals surface area contributed by atoms with Crippen molar-refractivity contribution < 1.29 is 4.79 Å². The van der Waals surface area contributed by atoms with Crippen molar-refractivity contribution in [1.29, 1.82) is 0 Å². The average molecular weight is 449 g/mol. The third-order valence-electron chi connectivity index (χ3n) is 3.95. The number of fused-ring (bicyclic) bond motifs is 1. The topological polar surface area (TPSA) is 70.7 Å². The summed E-state index contributed by atoms with van der Waals surface area (Å²) in [6.07, 6.45) is 0. The van der Waals surface area contributed by atoms with Crippen molar-refractivity contribution in [3.05, 3.63) is 68.8 Å². The van der Waals surface area contributed by atoms with Gasteiger partial charge in [0, 0.05) is 26.5 Å². The van der Waals surface area contributed by atoms with Gasteiger partial charge in [-0.1, -0.05) is 53.2 Å². The van der Waals surface area contributed by atoms with Gasteiger partial charge in [0.1, 0.15) is 10.7 Å². The molecule has 1 amide bonds. The molecule has 4 aromatic rings. The second-order valence-electron chi connectivity index (χ2n) is 6.03. The fourth-order valence-electron chi connectivity index (χ4n) is 2.59. The molecular weight excluding hydrogens is 435 g/mol. The van der Waals surface area contributed by atoms with Crippen molar-refractivity contribution in [1.82, 2.24) is 15.2 Å². The summed E-state index contributed by atoms with van der Waals surface area (Å²) in [5.41, 5.74) is 1.82. The summed E-state index contributed by atoms with van der Waals surface area (Å²) in [6, 6.07) is 13.1. The second-order valence-corrected chi connectivity index (χ2v) is 8.84. The highest BCUT2D eigenvalue weighted by Crippen LogP contribution is 2.37. The highest BCUT2D eigenvalue weighted by atomic mass is 35.5. The number of carbonyl (C=O) groups excluding carboxylic acids is 1. The average Bonchev–Trinajstić information content (AvgIpc) is 3.24. The molecule has 5 nitrogen and oxygen atoms in total. The molecule has 0 aliphatic heterocycles. The number of aryl methyl sites for hydroxylation is 1. The highest BCUT2D eigenvalue weighted by Gasteiger charge is 2.17. The molecule has 0 aliphatic rings. The number of hydrogen-bond acceptors (Lipinski definition) is 5. The fourth-order valence-corrected chi connectivity index (χ4v) is 5.08. The van der Waals surface area contributed by atoms with Gasteiger partial charge >= 0.3 is 0 Å². The molecule has 0 bridgehead atoms. The van der Waals surface area contributed by atoms with Crippen LogP contribution < -0.4 is 5.32 Å². The summed E-state index contributed by atoms with van der Waals surface area (Å²) >= 11 is 15.3. The summed E-state index contributed by atoms with van der Waals surface area (Å²) in [5.74, 6) is 1.30. The van der Waals surface area contributed by atoms with Crippen molar-refractivity contribution in [2.75, 3.05) is 5.32 Å². The maximum atomic E-state index is 12.6. The van der Waals surface area contributed by atoms with E-state index in [1.165, 1.54) is 11.3 Å². The number of thiophene rings is 1. The molecule has 0 fully saturated rings. The molecule has 2 aromatic carbocycles. The van der Waals surface area contributed by atoms with Crippen LogP contribution in [-0.2, 0) is 5.75 Å². The summed E-state index contributed by atoms with van der Waals surface area (Å²) in [5, 5.41) is 12.4. The molecule has 0 atom stereocenters. The van der Waals surface area contributed by atoms with Crippen molar-refractivity contribution in [2.24, 2.45) is 0 Å². The van der Waals surface area contributed by atoms with Crippen molar-refractivity contribution in [3.63, 3.8) is 0 Å². The quantitative estimate of drug-likeness (QED) is 0.357. The Morgan fingerprint density at radius 3 is 2.71 bits per heavy atom. The number of anilines is 1. The van der Waals surface area contributed by atoms with E-state index >= 15 is 0 Å². The van der Waals surface area contributed by atoms with Crippen molar-refractivity contribution in [3.8, 4) is 0 Å². The summed E-state index contributed by atoms with van der Waals surface area (Å²) < 4.78 is 0.886. The number of nitrogens with zero attached hydrogens (tertiary/aromatic N) is 2. The van der Waals surface area contributed by atoms with Gasteiger partial charge in [-0.2, -0.15) is 0 Å². The van der Waals surface area contributed by atoms with Gasteiger partial charge in [0.15, 0.2) is 0 Å². The maximum Gasteiger partial charge on any atom is 0.267 e. The SMILES string of the molecule is Cc1nc(SCc2ccc(NC(=O)c3sc4cc(Cl)ccc4c3Cl)cc2)n[nH]1. The van der Waals surface area contributed by atoms with Crippen LogP contribution in [0.25, 0.3) is 10.1 Å². The summed E-state index contributed by atoms with van der Waals surface area (Å²) in [7, 11) is 0. The second kappa shape index (κ2) is 8.13. The largest absolute Gasteiger partial charge is 0.321 e. The molecule has 2 heterocycles. The van der Waals surface area contributed by atoms with E-state index in [-0.39, 0.29) is 5.91 Å². The number of rotatable bonds is 5. The van der Waals surface area contributed by atoms with Crippen LogP contribution in [-0.4, -0.2) is 21.1 Å². The number of hydrogen-bond donors (Lipinski definition) is 2. The molecule has 28 heavy (non-hydrogen) atoms. The molecule has 2 aromatic heterocycles. The first-order valence-electron chi connectivity index (χ1n) is 8.29. The van der Waals surface area contributed by atoms with Crippen LogP contribution in [0.15, 0.2) is 47.6 Å². The van der Waals surface area contributed by atoms with Gasteiger partial charge in [-0.15, -0.1) is 16.4 Å². The molecule has 142 valence electrons. The molecule has 9 heteroatoms. The lowest BCUT2D eigenvalue weighted by molar-refractivity contribution is 0.103. The van der Waals surface area contributed by atoms with Gasteiger partial charge in [-0.05, 0) is 36.8 Å². The first kappa shape index (κ1) is 19.3. The Morgan fingerprint density at radius 2 is 2.00 bits per heavy atom. The minimum Gasteiger partial charge on any atom is -0.321 e. The van der Waals surface area contributed by atoms with E-state index in [1.54, 1.807) is 17.8 Å². The number of H-pyrrole nitrogens is 1. The van der Waals surface area contributed by atoms with Crippen molar-refractivity contribution >= 4 is 68.0 Å². The number of aromatic nitrogens is 3. The zero-order valence-corrected chi connectivity index (χ0v) is 17.8. The van der Waals surface area contributed by atoms with Crippen LogP contribution in [0.3, 0.4) is 0 Å². The monoisotopic (exact) mass is 448 g/mol. The van der Waals surface area contributed by atoms with E-state index in [4.69, 9.17) is 23.2 Å². The first-order valence-corrected chi connectivity index (χ1v) is 10.8. The van der Waals surface area contributed by atoms with Crippen LogP contribution in [0.4, 0.5) is 5.69 Å². The van der Waals surface area contributed by atoms with Crippen molar-refractivity contribution in [2.45, 2.75) is 17.8 Å². The Bertz CT molecular complexity index is 1150. The molecule has 0 saturated carbocycles. The molecular formula is C19H14Cl2N4OS2. The number of halogens is 2. The Balaban J connectivity index is 1.44. The molecule has 0 saturated heterocycles. The van der Waals surface area contributed by atoms with E-state index in [9.17, 15) is 4.79 Å². The molecule has 0 spiro atoms. The predicted molar refractivity (Wildman–Crippen MR) is 117 cm³/mol. The van der Waals surface area contributed by atoms with Crippen LogP contribution in [0.1, 0.15) is 21.1 Å². The zero-order valence-electron chi connectivity index (χ0n) is 14.6. The Labute approximate surface area is 179 Å². The van der Waals surface area contributed by atoms with Gasteiger partial charge in [0.05, 0.1) is 5.02 Å². The van der Waals surface area contributed by atoms with Gasteiger partial charge in [-0.3, -0.25) is 9.89 Å². The molecule has 0 unspecified atom stereocenters. The van der Waals surface area contributed by atoms with Gasteiger partial charge in [0.2, 0.25) is 5.16 Å². The fraction of sp³-hybridized carbons (Fsp3) is 0.105. The minimum atomic E-state index is -0.236. The van der Waals surface area contributed by atoms with E-state index in [1.807, 2.05) is 43.3 Å². The van der Waals surface area contributed by atoms with E-state index in [2.05, 4.69) is 20.5 Å². The van der Waals surface area contributed by atoms with Gasteiger partial charge in [-0.25, -0.2) is 4.98 Å². The Morgan fingerprint density at radius 1 is 1.21 bits per heavy atom. The molecule has 0 radical (unpaired) electrons. The summed E-state index contributed by atoms with van der Waals surface area (Å²) in [6.45, 7) is 1.87. The number of thioether (sulfide) groups is 1. The standard InChI is InChI=1S/C19H14Cl2N4OS2/c1-10-22-19(25-24-10)27-9-11-2-5-13(6-3-11)23-18(26)17-16(21)14-7-4-12(20)8-15(14)28-17/h2-8H,9H2,1H3,(H,23,26)(H,22,24,25). The van der Waals surface area contributed by atoms with Crippen LogP contribution >= 0.6 is 46.3 Å². The van der Waals surface area contributed by atoms with Crippen LogP contribution in [0, 0.1) is 6.92 Å². The Hall–Kier alpha value is -2.06. The summed E-state index contributed by atoms with van der Waals surface area (Å²) in [4.78, 5) is 17.4. The van der Waals surface area contributed by atoms with Crippen LogP contribution in [0.5, 0.6) is 0 Å². The van der Waals surface area contributed by atoms with E-state index in [0.717, 1.165) is 32.4 Å². The third kappa shape index (κ3) is 4.17. The number of amides is 1. The number of carbonyl (C=O) groups is 1. The highest BCUT2D eigenvalue weighted by molar-refractivity contribution is 7.98. The lowest BCUT2D eigenvalue weighted by Crippen LogP contribution is -2.10. The first-order chi connectivity index (χ1) is 13.5. The van der Waals surface area contributed by atoms with E-state index < -0.39 is 0 Å². The van der Waals surface area contributed by atoms with Gasteiger partial charge < -0.3 is 5.32 Å². The molecule has 0 aliphatic carbocycles. The maximum absolute atomic E-state index is 12.6. The number of aromatic amines is 1. The smallest absolute Gasteiger partial charge is 0.267 e. The molecule has 4 rings (SSSR count). The Kier molecular flexibility index (Phi) is 5.59. The lowest BCUT2D eigenvalue weighted by Gasteiger charge is -2.05. The number of benzene rings is 2.